The Morgan fingerprint density at radius 2 is 1.59 bits per heavy atom. The molecule has 2 rings (SSSR count). The van der Waals surface area contributed by atoms with E-state index in [1.807, 2.05) is 0 Å². The average Bonchev–Trinajstić information content (AvgIpc) is 2.59. The minimum atomic E-state index is -5.06. The molecular weight excluding hydrogens is 389 g/mol. The van der Waals surface area contributed by atoms with Crippen LogP contribution < -0.4 is 10.6 Å². The van der Waals surface area contributed by atoms with Crippen LogP contribution in [0.15, 0.2) is 48.5 Å². The number of ether oxygens (including phenoxy) is 1. The molecule has 2 amide bonds. The Balaban J connectivity index is 1.93. The van der Waals surface area contributed by atoms with Gasteiger partial charge in [-0.3, -0.25) is 9.59 Å². The zero-order valence-corrected chi connectivity index (χ0v) is 14.2. The molecule has 0 unspecified atom stereocenters. The Labute approximate surface area is 156 Å². The molecule has 0 fully saturated rings. The molecule has 0 saturated heterocycles. The molecule has 142 valence electrons. The fraction of sp³-hybridized carbons (Fsp3) is 0.118. The summed E-state index contributed by atoms with van der Waals surface area (Å²) in [7, 11) is 0. The van der Waals surface area contributed by atoms with Crippen LogP contribution in [0.25, 0.3) is 0 Å². The maximum atomic E-state index is 12.3. The van der Waals surface area contributed by atoms with Gasteiger partial charge in [0.2, 0.25) is 0 Å². The van der Waals surface area contributed by atoms with E-state index in [9.17, 15) is 27.6 Å². The van der Waals surface area contributed by atoms with Gasteiger partial charge in [-0.15, -0.1) is 0 Å². The highest BCUT2D eigenvalue weighted by Gasteiger charge is 2.38. The second-order valence-electron chi connectivity index (χ2n) is 5.17. The molecule has 0 aliphatic rings. The van der Waals surface area contributed by atoms with Crippen molar-refractivity contribution in [2.45, 2.75) is 6.18 Å². The van der Waals surface area contributed by atoms with Gasteiger partial charge in [0.1, 0.15) is 0 Å². The van der Waals surface area contributed by atoms with Gasteiger partial charge in [-0.2, -0.15) is 13.2 Å². The summed E-state index contributed by atoms with van der Waals surface area (Å²) in [6.07, 6.45) is -5.06. The van der Waals surface area contributed by atoms with Gasteiger partial charge in [-0.05, 0) is 36.4 Å². The quantitative estimate of drug-likeness (QED) is 0.750. The molecule has 0 bridgehead atoms. The summed E-state index contributed by atoms with van der Waals surface area (Å²) < 4.78 is 41.6. The molecule has 0 aliphatic heterocycles. The van der Waals surface area contributed by atoms with E-state index in [0.717, 1.165) is 6.07 Å². The summed E-state index contributed by atoms with van der Waals surface area (Å²) in [5.41, 5.74) is 0.0288. The molecule has 0 saturated carbocycles. The summed E-state index contributed by atoms with van der Waals surface area (Å²) in [6.45, 7) is -0.621. The molecule has 2 aromatic rings. The number of nitrogens with one attached hydrogen (secondary N) is 2. The first kappa shape index (κ1) is 20.2. The first-order valence-corrected chi connectivity index (χ1v) is 7.74. The number of carbonyl (C=O) groups excluding carboxylic acids is 3. The standard InChI is InChI=1S/C17H12ClF3N2O4/c18-11-4-2-6-13(8-11)22-14(24)9-27-15(25)10-3-1-5-12(7-10)23-16(26)17(19,20)21/h1-8H,9H2,(H,22,24)(H,23,26). The summed E-state index contributed by atoms with van der Waals surface area (Å²) in [5, 5.41) is 4.48. The van der Waals surface area contributed by atoms with Crippen molar-refractivity contribution in [2.75, 3.05) is 17.2 Å². The zero-order chi connectivity index (χ0) is 20.0. The van der Waals surface area contributed by atoms with E-state index < -0.39 is 30.6 Å². The smallest absolute Gasteiger partial charge is 0.452 e. The molecule has 0 aliphatic carbocycles. The van der Waals surface area contributed by atoms with Crippen molar-refractivity contribution in [3.63, 3.8) is 0 Å². The summed E-state index contributed by atoms with van der Waals surface area (Å²) in [5.74, 6) is -3.75. The van der Waals surface area contributed by atoms with Crippen molar-refractivity contribution in [1.82, 2.24) is 0 Å². The van der Waals surface area contributed by atoms with Gasteiger partial charge in [0.05, 0.1) is 5.56 Å². The average molecular weight is 401 g/mol. The van der Waals surface area contributed by atoms with E-state index in [2.05, 4.69) is 5.32 Å². The third-order valence-electron chi connectivity index (χ3n) is 3.06. The van der Waals surface area contributed by atoms with Gasteiger partial charge in [0, 0.05) is 16.4 Å². The lowest BCUT2D eigenvalue weighted by molar-refractivity contribution is -0.167. The summed E-state index contributed by atoms with van der Waals surface area (Å²) in [4.78, 5) is 34.6. The SMILES string of the molecule is O=C(COC(=O)c1cccc(NC(=O)C(F)(F)F)c1)Nc1cccc(Cl)c1. The lowest BCUT2D eigenvalue weighted by Gasteiger charge is -2.10. The highest BCUT2D eigenvalue weighted by atomic mass is 35.5. The number of benzene rings is 2. The monoisotopic (exact) mass is 400 g/mol. The Morgan fingerprint density at radius 3 is 2.22 bits per heavy atom. The topological polar surface area (TPSA) is 84.5 Å². The molecule has 2 N–H and O–H groups in total. The highest BCUT2D eigenvalue weighted by Crippen LogP contribution is 2.19. The van der Waals surface area contributed by atoms with Crippen LogP contribution >= 0.6 is 11.6 Å². The number of hydrogen-bond acceptors (Lipinski definition) is 4. The fourth-order valence-electron chi connectivity index (χ4n) is 1.90. The van der Waals surface area contributed by atoms with Crippen LogP contribution in [0.5, 0.6) is 0 Å². The van der Waals surface area contributed by atoms with Crippen LogP contribution in [0, 0.1) is 0 Å². The van der Waals surface area contributed by atoms with E-state index in [4.69, 9.17) is 16.3 Å². The number of anilines is 2. The lowest BCUT2D eigenvalue weighted by atomic mass is 10.2. The minimum absolute atomic E-state index is 0.134. The maximum Gasteiger partial charge on any atom is 0.471 e. The maximum absolute atomic E-state index is 12.3. The van der Waals surface area contributed by atoms with Gasteiger partial charge in [-0.25, -0.2) is 4.79 Å². The van der Waals surface area contributed by atoms with Crippen LogP contribution in [0.3, 0.4) is 0 Å². The minimum Gasteiger partial charge on any atom is -0.452 e. The van der Waals surface area contributed by atoms with E-state index >= 15 is 0 Å². The largest absolute Gasteiger partial charge is 0.471 e. The van der Waals surface area contributed by atoms with Gasteiger partial charge in [0.15, 0.2) is 6.61 Å². The van der Waals surface area contributed by atoms with Crippen molar-refractivity contribution in [3.05, 3.63) is 59.1 Å². The van der Waals surface area contributed by atoms with Crippen LogP contribution in [0.4, 0.5) is 24.5 Å². The fourth-order valence-corrected chi connectivity index (χ4v) is 2.09. The number of rotatable bonds is 5. The van der Waals surface area contributed by atoms with Crippen molar-refractivity contribution in [2.24, 2.45) is 0 Å². The molecule has 0 atom stereocenters. The Kier molecular flexibility index (Phi) is 6.40. The van der Waals surface area contributed by atoms with Crippen LogP contribution in [-0.4, -0.2) is 30.6 Å². The first-order chi connectivity index (χ1) is 12.6. The first-order valence-electron chi connectivity index (χ1n) is 7.36. The number of carbonyl (C=O) groups is 3. The van der Waals surface area contributed by atoms with E-state index in [0.29, 0.717) is 10.7 Å². The van der Waals surface area contributed by atoms with Gasteiger partial charge < -0.3 is 15.4 Å². The van der Waals surface area contributed by atoms with Crippen molar-refractivity contribution < 1.29 is 32.3 Å². The number of esters is 1. The number of amides is 2. The molecular formula is C17H12ClF3N2O4. The molecule has 27 heavy (non-hydrogen) atoms. The van der Waals surface area contributed by atoms with Crippen molar-refractivity contribution >= 4 is 40.8 Å². The van der Waals surface area contributed by atoms with Crippen LogP contribution in [0.1, 0.15) is 10.4 Å². The van der Waals surface area contributed by atoms with Crippen molar-refractivity contribution in [3.8, 4) is 0 Å². The Morgan fingerprint density at radius 1 is 0.963 bits per heavy atom. The number of halogens is 4. The predicted octanol–water partition coefficient (Wildman–Crippen LogP) is 3.64. The number of alkyl halides is 3. The second kappa shape index (κ2) is 8.54. The third-order valence-corrected chi connectivity index (χ3v) is 3.29. The molecule has 10 heteroatoms. The molecule has 0 heterocycles. The van der Waals surface area contributed by atoms with Crippen LogP contribution in [-0.2, 0) is 14.3 Å². The third kappa shape index (κ3) is 6.30. The molecule has 2 aromatic carbocycles. The molecule has 0 radical (unpaired) electrons. The lowest BCUT2D eigenvalue weighted by Crippen LogP contribution is -2.30. The van der Waals surface area contributed by atoms with E-state index in [1.165, 1.54) is 24.3 Å². The Bertz CT molecular complexity index is 871. The van der Waals surface area contributed by atoms with Gasteiger partial charge in [-0.1, -0.05) is 23.7 Å². The Hall–Kier alpha value is -3.07. The highest BCUT2D eigenvalue weighted by molar-refractivity contribution is 6.30. The summed E-state index contributed by atoms with van der Waals surface area (Å²) in [6, 6.07) is 11.0. The number of hydrogen-bond donors (Lipinski definition) is 2. The molecule has 0 aromatic heterocycles. The van der Waals surface area contributed by atoms with Crippen molar-refractivity contribution in [1.29, 1.82) is 0 Å². The predicted molar refractivity (Wildman–Crippen MR) is 91.5 cm³/mol. The van der Waals surface area contributed by atoms with Gasteiger partial charge >= 0.3 is 18.1 Å². The molecule has 6 nitrogen and oxygen atoms in total. The summed E-state index contributed by atoms with van der Waals surface area (Å²) >= 11 is 5.78. The normalized spacial score (nSPS) is 10.8. The second-order valence-corrected chi connectivity index (χ2v) is 5.60. The van der Waals surface area contributed by atoms with Crippen LogP contribution in [0.2, 0.25) is 5.02 Å². The van der Waals surface area contributed by atoms with Gasteiger partial charge in [0.25, 0.3) is 5.91 Å². The van der Waals surface area contributed by atoms with E-state index in [1.54, 1.807) is 23.5 Å². The van der Waals surface area contributed by atoms with E-state index in [-0.39, 0.29) is 11.3 Å². The molecule has 0 spiro atoms. The zero-order valence-electron chi connectivity index (χ0n) is 13.5.